The molecular weight excluding hydrogens is 172 g/mol. The SMILES string of the molecule is CCCOCC(C)O.COC(C)=O. The molecule has 0 saturated carbocycles. The van der Waals surface area contributed by atoms with Crippen molar-refractivity contribution in [3.63, 3.8) is 0 Å². The van der Waals surface area contributed by atoms with Crippen molar-refractivity contribution in [2.24, 2.45) is 0 Å². The minimum Gasteiger partial charge on any atom is -0.469 e. The van der Waals surface area contributed by atoms with Crippen molar-refractivity contribution in [1.29, 1.82) is 0 Å². The number of carbonyl (C=O) groups excluding carboxylic acids is 1. The third-order valence-corrected chi connectivity index (χ3v) is 0.995. The molecule has 0 aliphatic carbocycles. The summed E-state index contributed by atoms with van der Waals surface area (Å²) in [4.78, 5) is 9.59. The second kappa shape index (κ2) is 11.4. The molecule has 0 aromatic rings. The summed E-state index contributed by atoms with van der Waals surface area (Å²) in [6.07, 6.45) is 0.703. The van der Waals surface area contributed by atoms with Crippen LogP contribution in [0.4, 0.5) is 0 Å². The molecule has 1 N–H and O–H groups in total. The van der Waals surface area contributed by atoms with Gasteiger partial charge in [0.05, 0.1) is 19.8 Å². The molecule has 0 radical (unpaired) electrons. The Kier molecular flexibility index (Phi) is 13.0. The number of aliphatic hydroxyl groups excluding tert-OH is 1. The van der Waals surface area contributed by atoms with Gasteiger partial charge in [0.2, 0.25) is 0 Å². The Labute approximate surface area is 79.8 Å². The molecule has 0 bridgehead atoms. The van der Waals surface area contributed by atoms with E-state index in [-0.39, 0.29) is 12.1 Å². The Bertz CT molecular complexity index is 112. The summed E-state index contributed by atoms with van der Waals surface area (Å²) < 4.78 is 9.11. The molecule has 0 aliphatic rings. The van der Waals surface area contributed by atoms with Gasteiger partial charge in [-0.1, -0.05) is 6.92 Å². The van der Waals surface area contributed by atoms with Gasteiger partial charge in [-0.15, -0.1) is 0 Å². The van der Waals surface area contributed by atoms with E-state index in [1.807, 2.05) is 6.92 Å². The largest absolute Gasteiger partial charge is 0.469 e. The van der Waals surface area contributed by atoms with Crippen LogP contribution in [0.2, 0.25) is 0 Å². The fourth-order valence-electron chi connectivity index (χ4n) is 0.398. The topological polar surface area (TPSA) is 55.8 Å². The fraction of sp³-hybridized carbons (Fsp3) is 0.889. The number of hydrogen-bond donors (Lipinski definition) is 1. The third-order valence-electron chi connectivity index (χ3n) is 0.995. The van der Waals surface area contributed by atoms with Crippen molar-refractivity contribution in [2.45, 2.75) is 33.3 Å². The highest BCUT2D eigenvalue weighted by Crippen LogP contribution is 1.83. The fourth-order valence-corrected chi connectivity index (χ4v) is 0.398. The molecule has 4 nitrogen and oxygen atoms in total. The van der Waals surface area contributed by atoms with Crippen molar-refractivity contribution >= 4 is 5.97 Å². The highest BCUT2D eigenvalue weighted by Gasteiger charge is 1.91. The maximum atomic E-state index is 9.59. The molecule has 0 saturated heterocycles. The van der Waals surface area contributed by atoms with E-state index in [9.17, 15) is 4.79 Å². The summed E-state index contributed by atoms with van der Waals surface area (Å²) in [5, 5.41) is 8.65. The predicted molar refractivity (Wildman–Crippen MR) is 50.5 cm³/mol. The Hall–Kier alpha value is -0.610. The maximum Gasteiger partial charge on any atom is 0.302 e. The van der Waals surface area contributed by atoms with E-state index >= 15 is 0 Å². The second-order valence-corrected chi connectivity index (χ2v) is 2.62. The van der Waals surface area contributed by atoms with Gasteiger partial charge in [0.15, 0.2) is 0 Å². The van der Waals surface area contributed by atoms with Gasteiger partial charge in [-0.25, -0.2) is 0 Å². The average Bonchev–Trinajstić information content (AvgIpc) is 2.05. The molecular formula is C9H20O4. The van der Waals surface area contributed by atoms with E-state index in [1.54, 1.807) is 6.92 Å². The molecule has 13 heavy (non-hydrogen) atoms. The lowest BCUT2D eigenvalue weighted by molar-refractivity contribution is -0.137. The molecule has 1 atom stereocenters. The molecule has 0 aliphatic heterocycles. The third kappa shape index (κ3) is 24.6. The van der Waals surface area contributed by atoms with Gasteiger partial charge in [-0.2, -0.15) is 0 Å². The first-order chi connectivity index (χ1) is 6.04. The number of esters is 1. The summed E-state index contributed by atoms with van der Waals surface area (Å²) in [7, 11) is 1.35. The lowest BCUT2D eigenvalue weighted by atomic mass is 10.4. The van der Waals surface area contributed by atoms with Crippen LogP contribution in [0.25, 0.3) is 0 Å². The van der Waals surface area contributed by atoms with Crippen LogP contribution in [0.5, 0.6) is 0 Å². The van der Waals surface area contributed by atoms with Gasteiger partial charge in [-0.05, 0) is 13.3 Å². The quantitative estimate of drug-likeness (QED) is 0.532. The van der Waals surface area contributed by atoms with E-state index in [0.717, 1.165) is 13.0 Å². The van der Waals surface area contributed by atoms with E-state index in [1.165, 1.54) is 14.0 Å². The van der Waals surface area contributed by atoms with Crippen molar-refractivity contribution in [3.8, 4) is 0 Å². The highest BCUT2D eigenvalue weighted by molar-refractivity contribution is 5.65. The molecule has 0 fully saturated rings. The zero-order valence-electron chi connectivity index (χ0n) is 8.87. The van der Waals surface area contributed by atoms with Crippen molar-refractivity contribution in [3.05, 3.63) is 0 Å². The van der Waals surface area contributed by atoms with E-state index in [0.29, 0.717) is 6.61 Å². The molecule has 80 valence electrons. The second-order valence-electron chi connectivity index (χ2n) is 2.62. The summed E-state index contributed by atoms with van der Waals surface area (Å²) in [6.45, 7) is 6.34. The zero-order chi connectivity index (χ0) is 10.7. The molecule has 0 spiro atoms. The standard InChI is InChI=1S/C6H14O2.C3H6O2/c1-3-4-8-5-6(2)7;1-3(4)5-2/h6-7H,3-5H2,1-2H3;1-2H3. The van der Waals surface area contributed by atoms with E-state index in [2.05, 4.69) is 4.74 Å². The minimum absolute atomic E-state index is 0.245. The number of ether oxygens (including phenoxy) is 2. The van der Waals surface area contributed by atoms with Gasteiger partial charge < -0.3 is 14.6 Å². The van der Waals surface area contributed by atoms with Gasteiger partial charge in [0, 0.05) is 13.5 Å². The predicted octanol–water partition coefficient (Wildman–Crippen LogP) is 0.973. The average molecular weight is 192 g/mol. The molecule has 0 amide bonds. The number of aliphatic hydroxyl groups is 1. The summed E-state index contributed by atoms with van der Waals surface area (Å²) in [6, 6.07) is 0. The van der Waals surface area contributed by atoms with Crippen LogP contribution in [-0.2, 0) is 14.3 Å². The van der Waals surface area contributed by atoms with Crippen LogP contribution in [0.15, 0.2) is 0 Å². The monoisotopic (exact) mass is 192 g/mol. The maximum absolute atomic E-state index is 9.59. The van der Waals surface area contributed by atoms with Crippen molar-refractivity contribution in [1.82, 2.24) is 0 Å². The van der Waals surface area contributed by atoms with Gasteiger partial charge in [-0.3, -0.25) is 4.79 Å². The van der Waals surface area contributed by atoms with Crippen molar-refractivity contribution < 1.29 is 19.4 Å². The van der Waals surface area contributed by atoms with Crippen LogP contribution in [0.3, 0.4) is 0 Å². The van der Waals surface area contributed by atoms with E-state index < -0.39 is 0 Å². The minimum atomic E-state index is -0.318. The van der Waals surface area contributed by atoms with Gasteiger partial charge in [0.1, 0.15) is 0 Å². The number of hydrogen-bond acceptors (Lipinski definition) is 4. The van der Waals surface area contributed by atoms with Crippen molar-refractivity contribution in [2.75, 3.05) is 20.3 Å². The van der Waals surface area contributed by atoms with Gasteiger partial charge >= 0.3 is 5.97 Å². The van der Waals surface area contributed by atoms with Crippen LogP contribution in [0.1, 0.15) is 27.2 Å². The number of carbonyl (C=O) groups is 1. The first kappa shape index (κ1) is 14.9. The molecule has 0 heterocycles. The molecule has 4 heteroatoms. The number of rotatable bonds is 4. The molecule has 0 rings (SSSR count). The summed E-state index contributed by atoms with van der Waals surface area (Å²) in [5.74, 6) is -0.245. The highest BCUT2D eigenvalue weighted by atomic mass is 16.5. The lowest BCUT2D eigenvalue weighted by Crippen LogP contribution is -2.10. The normalized spacial score (nSPS) is 11.2. The smallest absolute Gasteiger partial charge is 0.302 e. The van der Waals surface area contributed by atoms with E-state index in [4.69, 9.17) is 9.84 Å². The first-order valence-electron chi connectivity index (χ1n) is 4.34. The van der Waals surface area contributed by atoms with Crippen LogP contribution in [-0.4, -0.2) is 37.5 Å². The Morgan fingerprint density at radius 2 is 2.00 bits per heavy atom. The first-order valence-corrected chi connectivity index (χ1v) is 4.34. The number of methoxy groups -OCH3 is 1. The van der Waals surface area contributed by atoms with Crippen LogP contribution in [0, 0.1) is 0 Å². The van der Waals surface area contributed by atoms with Crippen LogP contribution < -0.4 is 0 Å². The Morgan fingerprint density at radius 1 is 1.54 bits per heavy atom. The lowest BCUT2D eigenvalue weighted by Gasteiger charge is -2.02. The Morgan fingerprint density at radius 3 is 2.23 bits per heavy atom. The summed E-state index contributed by atoms with van der Waals surface area (Å²) >= 11 is 0. The molecule has 0 aromatic heterocycles. The molecule has 1 unspecified atom stereocenters. The Balaban J connectivity index is 0. The molecule has 0 aromatic carbocycles. The van der Waals surface area contributed by atoms with Crippen LogP contribution >= 0.6 is 0 Å². The zero-order valence-corrected chi connectivity index (χ0v) is 8.87. The van der Waals surface area contributed by atoms with Gasteiger partial charge in [0.25, 0.3) is 0 Å². The summed E-state index contributed by atoms with van der Waals surface area (Å²) in [5.41, 5.74) is 0.